The summed E-state index contributed by atoms with van der Waals surface area (Å²) in [4.78, 5) is 4.13. The monoisotopic (exact) mass is 296 g/mol. The summed E-state index contributed by atoms with van der Waals surface area (Å²) < 4.78 is 42.8. The highest BCUT2D eigenvalue weighted by Crippen LogP contribution is 2.30. The molecule has 0 aliphatic carbocycles. The molecule has 112 valence electrons. The van der Waals surface area contributed by atoms with E-state index in [0.29, 0.717) is 5.75 Å². The van der Waals surface area contributed by atoms with Gasteiger partial charge in [-0.15, -0.1) is 0 Å². The molecule has 0 spiro atoms. The zero-order valence-corrected chi connectivity index (χ0v) is 11.4. The van der Waals surface area contributed by atoms with Crippen LogP contribution in [-0.2, 0) is 12.8 Å². The first-order valence-electron chi connectivity index (χ1n) is 6.48. The zero-order valence-electron chi connectivity index (χ0n) is 11.4. The lowest BCUT2D eigenvalue weighted by molar-refractivity contribution is -0.137. The maximum absolute atomic E-state index is 12.4. The van der Waals surface area contributed by atoms with Crippen LogP contribution in [0.15, 0.2) is 42.6 Å². The summed E-state index contributed by atoms with van der Waals surface area (Å²) in [7, 11) is 0. The first-order valence-corrected chi connectivity index (χ1v) is 6.48. The molecule has 0 aliphatic rings. The molecular weight excluding hydrogens is 281 g/mol. The standard InChI is InChI=1S/C15H15F3N2O/c1-2-19-14-9-11(7-8-20-14)10-21-13-5-3-12(4-6-13)15(16,17)18/h3-9H,2,10H2,1H3,(H,19,20). The Morgan fingerprint density at radius 2 is 1.86 bits per heavy atom. The molecule has 1 N–H and O–H groups in total. The van der Waals surface area contributed by atoms with E-state index in [1.807, 2.05) is 13.0 Å². The fourth-order valence-corrected chi connectivity index (χ4v) is 1.75. The predicted octanol–water partition coefficient (Wildman–Crippen LogP) is 4.11. The first-order chi connectivity index (χ1) is 9.99. The maximum Gasteiger partial charge on any atom is 0.416 e. The Bertz CT molecular complexity index is 582. The van der Waals surface area contributed by atoms with Crippen molar-refractivity contribution in [3.8, 4) is 5.75 Å². The van der Waals surface area contributed by atoms with Crippen LogP contribution in [0.25, 0.3) is 0 Å². The second-order valence-corrected chi connectivity index (χ2v) is 4.39. The number of ether oxygens (including phenoxy) is 1. The number of nitrogens with zero attached hydrogens (tertiary/aromatic N) is 1. The number of rotatable bonds is 5. The van der Waals surface area contributed by atoms with Gasteiger partial charge >= 0.3 is 6.18 Å². The topological polar surface area (TPSA) is 34.1 Å². The van der Waals surface area contributed by atoms with E-state index in [4.69, 9.17) is 4.74 Å². The third-order valence-electron chi connectivity index (χ3n) is 2.77. The van der Waals surface area contributed by atoms with E-state index in [1.165, 1.54) is 12.1 Å². The molecule has 0 fully saturated rings. The van der Waals surface area contributed by atoms with Crippen LogP contribution < -0.4 is 10.1 Å². The Kier molecular flexibility index (Phi) is 4.67. The number of hydrogen-bond acceptors (Lipinski definition) is 3. The molecule has 0 amide bonds. The molecule has 0 bridgehead atoms. The van der Waals surface area contributed by atoms with Crippen LogP contribution in [0, 0.1) is 0 Å². The highest BCUT2D eigenvalue weighted by atomic mass is 19.4. The van der Waals surface area contributed by atoms with E-state index < -0.39 is 11.7 Å². The summed E-state index contributed by atoms with van der Waals surface area (Å²) in [5.74, 6) is 1.14. The molecule has 3 nitrogen and oxygen atoms in total. The van der Waals surface area contributed by atoms with Crippen LogP contribution in [0.3, 0.4) is 0 Å². The van der Waals surface area contributed by atoms with Crippen molar-refractivity contribution in [2.75, 3.05) is 11.9 Å². The molecule has 0 atom stereocenters. The molecule has 0 saturated heterocycles. The van der Waals surface area contributed by atoms with E-state index >= 15 is 0 Å². The minimum Gasteiger partial charge on any atom is -0.489 e. The average Bonchev–Trinajstić information content (AvgIpc) is 2.45. The Hall–Kier alpha value is -2.24. The number of benzene rings is 1. The molecule has 0 aliphatic heterocycles. The maximum atomic E-state index is 12.4. The SMILES string of the molecule is CCNc1cc(COc2ccc(C(F)(F)F)cc2)ccn1. The van der Waals surface area contributed by atoms with Gasteiger partial charge in [-0.3, -0.25) is 0 Å². The number of nitrogens with one attached hydrogen (secondary N) is 1. The summed E-state index contributed by atoms with van der Waals surface area (Å²) in [5, 5.41) is 3.08. The number of anilines is 1. The van der Waals surface area contributed by atoms with Gasteiger partial charge in [-0.05, 0) is 48.9 Å². The average molecular weight is 296 g/mol. The molecule has 1 heterocycles. The molecule has 1 aromatic carbocycles. The van der Waals surface area contributed by atoms with Gasteiger partial charge in [-0.2, -0.15) is 13.2 Å². The van der Waals surface area contributed by atoms with Gasteiger partial charge in [-0.25, -0.2) is 4.98 Å². The van der Waals surface area contributed by atoms with E-state index in [2.05, 4.69) is 10.3 Å². The lowest BCUT2D eigenvalue weighted by atomic mass is 10.2. The summed E-state index contributed by atoms with van der Waals surface area (Å²) in [6.07, 6.45) is -2.67. The summed E-state index contributed by atoms with van der Waals surface area (Å²) in [6.45, 7) is 3.00. The van der Waals surface area contributed by atoms with Gasteiger partial charge in [0.1, 0.15) is 18.2 Å². The van der Waals surface area contributed by atoms with Crippen LogP contribution in [0.2, 0.25) is 0 Å². The number of halogens is 3. The van der Waals surface area contributed by atoms with E-state index in [1.54, 1.807) is 12.3 Å². The van der Waals surface area contributed by atoms with Gasteiger partial charge in [0, 0.05) is 12.7 Å². The molecular formula is C15H15F3N2O. The Morgan fingerprint density at radius 1 is 1.14 bits per heavy atom. The second-order valence-electron chi connectivity index (χ2n) is 4.39. The fraction of sp³-hybridized carbons (Fsp3) is 0.267. The summed E-state index contributed by atoms with van der Waals surface area (Å²) >= 11 is 0. The van der Waals surface area contributed by atoms with Crippen LogP contribution in [0.4, 0.5) is 19.0 Å². The van der Waals surface area contributed by atoms with Crippen molar-refractivity contribution >= 4 is 5.82 Å². The van der Waals surface area contributed by atoms with Crippen molar-refractivity contribution in [2.24, 2.45) is 0 Å². The van der Waals surface area contributed by atoms with Crippen molar-refractivity contribution in [1.29, 1.82) is 0 Å². The van der Waals surface area contributed by atoms with Gasteiger partial charge < -0.3 is 10.1 Å². The molecule has 0 radical (unpaired) electrons. The van der Waals surface area contributed by atoms with Crippen molar-refractivity contribution in [2.45, 2.75) is 19.7 Å². The molecule has 21 heavy (non-hydrogen) atoms. The largest absolute Gasteiger partial charge is 0.489 e. The Balaban J connectivity index is 1.98. The van der Waals surface area contributed by atoms with E-state index in [0.717, 1.165) is 30.1 Å². The second kappa shape index (κ2) is 6.47. The molecule has 6 heteroatoms. The van der Waals surface area contributed by atoms with Gasteiger partial charge in [0.25, 0.3) is 0 Å². The molecule has 1 aromatic heterocycles. The molecule has 2 aromatic rings. The van der Waals surface area contributed by atoms with Crippen LogP contribution >= 0.6 is 0 Å². The van der Waals surface area contributed by atoms with Gasteiger partial charge in [0.15, 0.2) is 0 Å². The minimum absolute atomic E-state index is 0.270. The number of aromatic nitrogens is 1. The lowest BCUT2D eigenvalue weighted by Crippen LogP contribution is -2.04. The minimum atomic E-state index is -4.33. The summed E-state index contributed by atoms with van der Waals surface area (Å²) in [5.41, 5.74) is 0.203. The predicted molar refractivity (Wildman–Crippen MR) is 74.2 cm³/mol. The molecule has 0 unspecified atom stereocenters. The third-order valence-corrected chi connectivity index (χ3v) is 2.77. The third kappa shape index (κ3) is 4.37. The Morgan fingerprint density at radius 3 is 2.48 bits per heavy atom. The normalized spacial score (nSPS) is 11.2. The van der Waals surface area contributed by atoms with Gasteiger partial charge in [-0.1, -0.05) is 0 Å². The van der Waals surface area contributed by atoms with Crippen LogP contribution in [-0.4, -0.2) is 11.5 Å². The highest BCUT2D eigenvalue weighted by molar-refractivity contribution is 5.37. The number of pyridine rings is 1. The van der Waals surface area contributed by atoms with Crippen LogP contribution in [0.5, 0.6) is 5.75 Å². The smallest absolute Gasteiger partial charge is 0.416 e. The van der Waals surface area contributed by atoms with Crippen molar-refractivity contribution in [1.82, 2.24) is 4.98 Å². The lowest BCUT2D eigenvalue weighted by Gasteiger charge is -2.10. The van der Waals surface area contributed by atoms with E-state index in [-0.39, 0.29) is 6.61 Å². The Labute approximate surface area is 120 Å². The number of hydrogen-bond donors (Lipinski definition) is 1. The highest BCUT2D eigenvalue weighted by Gasteiger charge is 2.29. The number of alkyl halides is 3. The summed E-state index contributed by atoms with van der Waals surface area (Å²) in [6, 6.07) is 8.28. The zero-order chi connectivity index (χ0) is 15.3. The quantitative estimate of drug-likeness (QED) is 0.901. The van der Waals surface area contributed by atoms with Crippen molar-refractivity contribution in [3.63, 3.8) is 0 Å². The van der Waals surface area contributed by atoms with Crippen molar-refractivity contribution in [3.05, 3.63) is 53.7 Å². The molecule has 0 saturated carbocycles. The van der Waals surface area contributed by atoms with Gasteiger partial charge in [0.05, 0.1) is 5.56 Å². The van der Waals surface area contributed by atoms with E-state index in [9.17, 15) is 13.2 Å². The van der Waals surface area contributed by atoms with Crippen LogP contribution in [0.1, 0.15) is 18.1 Å². The fourth-order valence-electron chi connectivity index (χ4n) is 1.75. The first kappa shape index (κ1) is 15.2. The molecule has 2 rings (SSSR count). The van der Waals surface area contributed by atoms with Crippen molar-refractivity contribution < 1.29 is 17.9 Å². The van der Waals surface area contributed by atoms with Gasteiger partial charge in [0.2, 0.25) is 0 Å².